The first kappa shape index (κ1) is 13.9. The van der Waals surface area contributed by atoms with Gasteiger partial charge in [-0.05, 0) is 19.3 Å². The first-order valence-electron chi connectivity index (χ1n) is 6.71. The average molecular weight is 228 g/mol. The van der Waals surface area contributed by atoms with Crippen molar-refractivity contribution in [2.45, 2.75) is 58.7 Å². The van der Waals surface area contributed by atoms with Gasteiger partial charge in [-0.1, -0.05) is 27.2 Å². The highest BCUT2D eigenvalue weighted by molar-refractivity contribution is 4.86. The van der Waals surface area contributed by atoms with Crippen LogP contribution in [0.2, 0.25) is 0 Å². The van der Waals surface area contributed by atoms with Crippen LogP contribution in [0.5, 0.6) is 0 Å². The molecule has 3 nitrogen and oxygen atoms in total. The van der Waals surface area contributed by atoms with E-state index in [0.717, 1.165) is 26.1 Å². The van der Waals surface area contributed by atoms with E-state index in [9.17, 15) is 0 Å². The highest BCUT2D eigenvalue weighted by Crippen LogP contribution is 2.22. The summed E-state index contributed by atoms with van der Waals surface area (Å²) < 4.78 is 5.74. The van der Waals surface area contributed by atoms with E-state index in [1.54, 1.807) is 0 Å². The van der Waals surface area contributed by atoms with E-state index in [-0.39, 0.29) is 0 Å². The van der Waals surface area contributed by atoms with E-state index in [1.807, 2.05) is 0 Å². The van der Waals surface area contributed by atoms with Crippen molar-refractivity contribution in [2.24, 2.45) is 11.7 Å². The fourth-order valence-electron chi connectivity index (χ4n) is 2.59. The number of hydrogen-bond acceptors (Lipinski definition) is 3. The standard InChI is InChI=1S/C13H28N2O/c1-5-10(3)13(7-14)15-8-11(4)16-9-12(15)6-2/h10-13H,5-9,14H2,1-4H3. The third-order valence-corrected chi connectivity index (χ3v) is 3.95. The summed E-state index contributed by atoms with van der Waals surface area (Å²) in [4.78, 5) is 2.59. The lowest BCUT2D eigenvalue weighted by Gasteiger charge is -2.44. The Kier molecular flexibility index (Phi) is 5.73. The van der Waals surface area contributed by atoms with Gasteiger partial charge in [0.15, 0.2) is 0 Å². The Hall–Kier alpha value is -0.120. The summed E-state index contributed by atoms with van der Waals surface area (Å²) in [6, 6.07) is 1.07. The number of nitrogens with two attached hydrogens (primary N) is 1. The van der Waals surface area contributed by atoms with Crippen LogP contribution >= 0.6 is 0 Å². The molecule has 0 amide bonds. The molecule has 0 aromatic heterocycles. The molecule has 0 aliphatic carbocycles. The molecule has 0 bridgehead atoms. The van der Waals surface area contributed by atoms with E-state index < -0.39 is 0 Å². The predicted octanol–water partition coefficient (Wildman–Crippen LogP) is 1.86. The van der Waals surface area contributed by atoms with Crippen molar-refractivity contribution in [1.29, 1.82) is 0 Å². The Bertz CT molecular complexity index is 198. The van der Waals surface area contributed by atoms with Crippen molar-refractivity contribution >= 4 is 0 Å². The molecule has 1 aliphatic heterocycles. The van der Waals surface area contributed by atoms with Crippen LogP contribution in [0.15, 0.2) is 0 Å². The Morgan fingerprint density at radius 2 is 2.12 bits per heavy atom. The van der Waals surface area contributed by atoms with Gasteiger partial charge in [-0.25, -0.2) is 0 Å². The van der Waals surface area contributed by atoms with Gasteiger partial charge in [0.05, 0.1) is 12.7 Å². The molecule has 1 heterocycles. The van der Waals surface area contributed by atoms with E-state index in [4.69, 9.17) is 10.5 Å². The molecule has 0 aromatic carbocycles. The molecule has 0 spiro atoms. The molecular formula is C13H28N2O. The quantitative estimate of drug-likeness (QED) is 0.780. The van der Waals surface area contributed by atoms with Gasteiger partial charge in [-0.15, -0.1) is 0 Å². The van der Waals surface area contributed by atoms with Gasteiger partial charge >= 0.3 is 0 Å². The number of morpholine rings is 1. The molecule has 2 N–H and O–H groups in total. The maximum absolute atomic E-state index is 5.96. The second kappa shape index (κ2) is 6.58. The van der Waals surface area contributed by atoms with Crippen LogP contribution in [0.25, 0.3) is 0 Å². The third kappa shape index (κ3) is 3.19. The highest BCUT2D eigenvalue weighted by Gasteiger charge is 2.32. The Balaban J connectivity index is 2.70. The van der Waals surface area contributed by atoms with Crippen LogP contribution in [0.1, 0.15) is 40.5 Å². The average Bonchev–Trinajstić information content (AvgIpc) is 2.30. The molecule has 1 aliphatic rings. The van der Waals surface area contributed by atoms with Crippen molar-refractivity contribution in [3.8, 4) is 0 Å². The molecule has 4 unspecified atom stereocenters. The zero-order valence-electron chi connectivity index (χ0n) is 11.3. The van der Waals surface area contributed by atoms with E-state index in [1.165, 1.54) is 6.42 Å². The van der Waals surface area contributed by atoms with Crippen molar-refractivity contribution in [3.05, 3.63) is 0 Å². The number of rotatable bonds is 5. The summed E-state index contributed by atoms with van der Waals surface area (Å²) in [5.41, 5.74) is 5.96. The summed E-state index contributed by atoms with van der Waals surface area (Å²) in [6.07, 6.45) is 2.70. The molecule has 1 saturated heterocycles. The fourth-order valence-corrected chi connectivity index (χ4v) is 2.59. The molecule has 16 heavy (non-hydrogen) atoms. The van der Waals surface area contributed by atoms with Gasteiger partial charge in [0.2, 0.25) is 0 Å². The largest absolute Gasteiger partial charge is 0.376 e. The monoisotopic (exact) mass is 228 g/mol. The second-order valence-electron chi connectivity index (χ2n) is 5.09. The smallest absolute Gasteiger partial charge is 0.0674 e. The van der Waals surface area contributed by atoms with Crippen LogP contribution in [-0.2, 0) is 4.74 Å². The lowest BCUT2D eigenvalue weighted by molar-refractivity contribution is -0.0789. The van der Waals surface area contributed by atoms with Crippen molar-refractivity contribution in [3.63, 3.8) is 0 Å². The SMILES string of the molecule is CCC(C)C(CN)N1CC(C)OCC1CC. The minimum atomic E-state index is 0.348. The van der Waals surface area contributed by atoms with Crippen LogP contribution in [0.4, 0.5) is 0 Å². The maximum Gasteiger partial charge on any atom is 0.0674 e. The van der Waals surface area contributed by atoms with Crippen molar-refractivity contribution in [2.75, 3.05) is 19.7 Å². The minimum absolute atomic E-state index is 0.348. The molecule has 0 aromatic rings. The normalized spacial score (nSPS) is 31.3. The summed E-state index contributed by atoms with van der Waals surface area (Å²) >= 11 is 0. The van der Waals surface area contributed by atoms with Gasteiger partial charge < -0.3 is 10.5 Å². The third-order valence-electron chi connectivity index (χ3n) is 3.95. The van der Waals surface area contributed by atoms with Gasteiger partial charge in [0.25, 0.3) is 0 Å². The van der Waals surface area contributed by atoms with Gasteiger partial charge in [-0.2, -0.15) is 0 Å². The number of nitrogens with zero attached hydrogens (tertiary/aromatic N) is 1. The predicted molar refractivity (Wildman–Crippen MR) is 68.5 cm³/mol. The lowest BCUT2D eigenvalue weighted by Crippen LogP contribution is -2.57. The Morgan fingerprint density at radius 3 is 2.62 bits per heavy atom. The first-order valence-corrected chi connectivity index (χ1v) is 6.71. The van der Waals surface area contributed by atoms with Crippen molar-refractivity contribution in [1.82, 2.24) is 4.90 Å². The van der Waals surface area contributed by atoms with Crippen LogP contribution < -0.4 is 5.73 Å². The maximum atomic E-state index is 5.96. The zero-order chi connectivity index (χ0) is 12.1. The lowest BCUT2D eigenvalue weighted by atomic mass is 9.94. The van der Waals surface area contributed by atoms with E-state index in [0.29, 0.717) is 24.1 Å². The number of hydrogen-bond donors (Lipinski definition) is 1. The van der Waals surface area contributed by atoms with Crippen molar-refractivity contribution < 1.29 is 4.74 Å². The van der Waals surface area contributed by atoms with Gasteiger partial charge in [0.1, 0.15) is 0 Å². The minimum Gasteiger partial charge on any atom is -0.376 e. The highest BCUT2D eigenvalue weighted by atomic mass is 16.5. The van der Waals surface area contributed by atoms with Crippen LogP contribution in [0, 0.1) is 5.92 Å². The Labute approximate surface area is 100 Å². The van der Waals surface area contributed by atoms with E-state index in [2.05, 4.69) is 32.6 Å². The number of ether oxygens (including phenoxy) is 1. The molecule has 0 saturated carbocycles. The molecule has 1 fully saturated rings. The second-order valence-corrected chi connectivity index (χ2v) is 5.09. The van der Waals surface area contributed by atoms with Crippen LogP contribution in [-0.4, -0.2) is 42.8 Å². The molecule has 96 valence electrons. The summed E-state index contributed by atoms with van der Waals surface area (Å²) in [5, 5.41) is 0. The summed E-state index contributed by atoms with van der Waals surface area (Å²) in [6.45, 7) is 11.6. The van der Waals surface area contributed by atoms with E-state index >= 15 is 0 Å². The molecular weight excluding hydrogens is 200 g/mol. The molecule has 4 atom stereocenters. The molecule has 0 radical (unpaired) electrons. The van der Waals surface area contributed by atoms with Crippen LogP contribution in [0.3, 0.4) is 0 Å². The summed E-state index contributed by atoms with van der Waals surface area (Å²) in [5.74, 6) is 0.671. The Morgan fingerprint density at radius 1 is 1.44 bits per heavy atom. The molecule has 3 heteroatoms. The van der Waals surface area contributed by atoms with Gasteiger partial charge in [0, 0.05) is 25.2 Å². The topological polar surface area (TPSA) is 38.5 Å². The fraction of sp³-hybridized carbons (Fsp3) is 1.00. The summed E-state index contributed by atoms with van der Waals surface area (Å²) in [7, 11) is 0. The zero-order valence-corrected chi connectivity index (χ0v) is 11.3. The molecule has 1 rings (SSSR count). The first-order chi connectivity index (χ1) is 7.63. The van der Waals surface area contributed by atoms with Gasteiger partial charge in [-0.3, -0.25) is 4.90 Å².